The molecule has 8 nitrogen and oxygen atoms in total. The maximum atomic E-state index is 11.4. The Bertz CT molecular complexity index is 908. The molecule has 0 bridgehead atoms. The topological polar surface area (TPSA) is 90.8 Å². The normalized spacial score (nSPS) is 15.4. The van der Waals surface area contributed by atoms with Crippen molar-refractivity contribution < 1.29 is 8.42 Å². The van der Waals surface area contributed by atoms with Crippen molar-refractivity contribution in [3.8, 4) is 0 Å². The minimum absolute atomic E-state index is 0.0641. The summed E-state index contributed by atoms with van der Waals surface area (Å²) in [4.78, 5) is 17.9. The van der Waals surface area contributed by atoms with Gasteiger partial charge in [-0.3, -0.25) is 0 Å². The number of anilines is 1. The Morgan fingerprint density at radius 3 is 2.28 bits per heavy atom. The van der Waals surface area contributed by atoms with Crippen molar-refractivity contribution in [2.45, 2.75) is 19.2 Å². The first-order chi connectivity index (χ1) is 13.9. The fourth-order valence-corrected chi connectivity index (χ4v) is 4.01. The van der Waals surface area contributed by atoms with Gasteiger partial charge in [0.15, 0.2) is 15.8 Å². The lowest BCUT2D eigenvalue weighted by Crippen LogP contribution is -2.52. The minimum Gasteiger partial charge on any atom is -0.357 e. The molecule has 9 heteroatoms. The monoisotopic (exact) mass is 416 g/mol. The molecule has 0 amide bonds. The Morgan fingerprint density at radius 2 is 1.69 bits per heavy atom. The van der Waals surface area contributed by atoms with Crippen molar-refractivity contribution in [2.75, 3.05) is 43.9 Å². The van der Waals surface area contributed by atoms with Crippen LogP contribution in [0.1, 0.15) is 18.1 Å². The number of hydrogen-bond donors (Lipinski definition) is 1. The summed E-state index contributed by atoms with van der Waals surface area (Å²) in [7, 11) is -3.02. The van der Waals surface area contributed by atoms with E-state index in [-0.39, 0.29) is 5.75 Å². The maximum Gasteiger partial charge on any atom is 0.225 e. The molecule has 1 fully saturated rings. The third-order valence-electron chi connectivity index (χ3n) is 4.61. The van der Waals surface area contributed by atoms with Gasteiger partial charge in [0, 0.05) is 51.4 Å². The highest BCUT2D eigenvalue weighted by Gasteiger charge is 2.21. The molecule has 3 rings (SSSR count). The lowest BCUT2D eigenvalue weighted by atomic mass is 10.1. The molecule has 1 aromatic carbocycles. The molecule has 156 valence electrons. The molecule has 1 aliphatic rings. The summed E-state index contributed by atoms with van der Waals surface area (Å²) in [6.45, 7) is 6.78. The van der Waals surface area contributed by atoms with Crippen LogP contribution in [0.5, 0.6) is 0 Å². The quantitative estimate of drug-likeness (QED) is 0.561. The van der Waals surface area contributed by atoms with Gasteiger partial charge in [-0.25, -0.2) is 23.4 Å². The highest BCUT2D eigenvalue weighted by molar-refractivity contribution is 7.89. The predicted octanol–water partition coefficient (Wildman–Crippen LogP) is 1.31. The number of nitrogens with one attached hydrogen (secondary N) is 1. The van der Waals surface area contributed by atoms with Crippen LogP contribution >= 0.6 is 0 Å². The zero-order valence-corrected chi connectivity index (χ0v) is 17.8. The van der Waals surface area contributed by atoms with Crippen LogP contribution in [0.2, 0.25) is 0 Å². The molecule has 2 aromatic rings. The molecule has 0 spiro atoms. The van der Waals surface area contributed by atoms with Gasteiger partial charge in [0.05, 0.1) is 12.3 Å². The molecular formula is C20H28N6O2S. The lowest BCUT2D eigenvalue weighted by molar-refractivity contribution is 0.370. The summed E-state index contributed by atoms with van der Waals surface area (Å²) in [6, 6.07) is 9.43. The third-order valence-corrected chi connectivity index (χ3v) is 5.47. The molecule has 0 atom stereocenters. The van der Waals surface area contributed by atoms with Crippen molar-refractivity contribution >= 4 is 21.7 Å². The minimum atomic E-state index is -3.02. The van der Waals surface area contributed by atoms with E-state index in [0.29, 0.717) is 6.54 Å². The summed E-state index contributed by atoms with van der Waals surface area (Å²) in [5, 5.41) is 3.37. The average molecular weight is 417 g/mol. The van der Waals surface area contributed by atoms with Gasteiger partial charge in [0.25, 0.3) is 0 Å². The van der Waals surface area contributed by atoms with E-state index in [4.69, 9.17) is 4.99 Å². The van der Waals surface area contributed by atoms with Gasteiger partial charge < -0.3 is 15.1 Å². The Hall–Kier alpha value is -2.68. The second kappa shape index (κ2) is 9.69. The SMILES string of the molecule is CCNC(=NCc1ccc(CS(C)(=O)=O)cc1)N1CCN(c2ncccn2)CC1. The molecule has 0 aliphatic carbocycles. The lowest BCUT2D eigenvalue weighted by Gasteiger charge is -2.36. The summed E-state index contributed by atoms with van der Waals surface area (Å²) >= 11 is 0. The van der Waals surface area contributed by atoms with Crippen molar-refractivity contribution in [3.63, 3.8) is 0 Å². The number of guanidine groups is 1. The smallest absolute Gasteiger partial charge is 0.225 e. The van der Waals surface area contributed by atoms with Gasteiger partial charge >= 0.3 is 0 Å². The molecule has 2 heterocycles. The van der Waals surface area contributed by atoms with Crippen LogP contribution in [0, 0.1) is 0 Å². The molecule has 1 aromatic heterocycles. The average Bonchev–Trinajstić information content (AvgIpc) is 2.72. The highest BCUT2D eigenvalue weighted by Crippen LogP contribution is 2.12. The van der Waals surface area contributed by atoms with Gasteiger partial charge in [-0.2, -0.15) is 0 Å². The second-order valence-corrected chi connectivity index (χ2v) is 9.22. The molecule has 0 radical (unpaired) electrons. The summed E-state index contributed by atoms with van der Waals surface area (Å²) in [5.74, 6) is 1.72. The first-order valence-corrected chi connectivity index (χ1v) is 11.8. The fourth-order valence-electron chi connectivity index (χ4n) is 3.21. The van der Waals surface area contributed by atoms with Crippen molar-refractivity contribution in [1.29, 1.82) is 0 Å². The van der Waals surface area contributed by atoms with E-state index in [1.807, 2.05) is 30.3 Å². The highest BCUT2D eigenvalue weighted by atomic mass is 32.2. The van der Waals surface area contributed by atoms with Gasteiger partial charge in [-0.1, -0.05) is 24.3 Å². The van der Waals surface area contributed by atoms with Crippen LogP contribution < -0.4 is 10.2 Å². The van der Waals surface area contributed by atoms with Gasteiger partial charge in [-0.15, -0.1) is 0 Å². The van der Waals surface area contributed by atoms with Crippen LogP contribution in [-0.4, -0.2) is 68.2 Å². The van der Waals surface area contributed by atoms with E-state index in [2.05, 4.69) is 32.0 Å². The van der Waals surface area contributed by atoms with Gasteiger partial charge in [0.2, 0.25) is 5.95 Å². The molecule has 1 aliphatic heterocycles. The number of hydrogen-bond acceptors (Lipinski definition) is 6. The van der Waals surface area contributed by atoms with Gasteiger partial charge in [0.1, 0.15) is 0 Å². The third kappa shape index (κ3) is 6.42. The Kier molecular flexibility index (Phi) is 7.03. The van der Waals surface area contributed by atoms with Crippen LogP contribution in [0.25, 0.3) is 0 Å². The number of nitrogens with zero attached hydrogens (tertiary/aromatic N) is 5. The molecule has 1 saturated heterocycles. The number of aromatic nitrogens is 2. The molecule has 0 unspecified atom stereocenters. The van der Waals surface area contributed by atoms with Crippen molar-refractivity contribution in [3.05, 3.63) is 53.9 Å². The molecular weight excluding hydrogens is 388 g/mol. The number of piperazine rings is 1. The maximum absolute atomic E-state index is 11.4. The van der Waals surface area contributed by atoms with Gasteiger partial charge in [-0.05, 0) is 24.1 Å². The van der Waals surface area contributed by atoms with Crippen LogP contribution in [-0.2, 0) is 22.1 Å². The summed E-state index contributed by atoms with van der Waals surface area (Å²) in [5.41, 5.74) is 1.85. The van der Waals surface area contributed by atoms with E-state index in [0.717, 1.165) is 55.8 Å². The second-order valence-electron chi connectivity index (χ2n) is 7.08. The number of rotatable bonds is 6. The summed E-state index contributed by atoms with van der Waals surface area (Å²) in [6.07, 6.45) is 4.78. The summed E-state index contributed by atoms with van der Waals surface area (Å²) < 4.78 is 22.8. The standard InChI is InChI=1S/C20H28N6O2S/c1-3-21-19(24-15-17-5-7-18(8-6-17)16-29(2,27)28)25-11-13-26(14-12-25)20-22-9-4-10-23-20/h4-10H,3,11-16H2,1-2H3,(H,21,24). The van der Waals surface area contributed by atoms with E-state index in [1.165, 1.54) is 6.26 Å². The Labute approximate surface area is 172 Å². The predicted molar refractivity (Wildman–Crippen MR) is 116 cm³/mol. The fraction of sp³-hybridized carbons (Fsp3) is 0.450. The van der Waals surface area contributed by atoms with Crippen molar-refractivity contribution in [1.82, 2.24) is 20.2 Å². The Morgan fingerprint density at radius 1 is 1.07 bits per heavy atom. The largest absolute Gasteiger partial charge is 0.357 e. The molecule has 0 saturated carbocycles. The van der Waals surface area contributed by atoms with E-state index >= 15 is 0 Å². The van der Waals surface area contributed by atoms with E-state index < -0.39 is 9.84 Å². The van der Waals surface area contributed by atoms with Crippen molar-refractivity contribution in [2.24, 2.45) is 4.99 Å². The van der Waals surface area contributed by atoms with Crippen LogP contribution in [0.15, 0.2) is 47.7 Å². The van der Waals surface area contributed by atoms with Crippen LogP contribution in [0.3, 0.4) is 0 Å². The zero-order valence-electron chi connectivity index (χ0n) is 17.0. The first-order valence-electron chi connectivity index (χ1n) is 9.75. The first kappa shape index (κ1) is 21.0. The van der Waals surface area contributed by atoms with E-state index in [1.54, 1.807) is 12.4 Å². The number of benzene rings is 1. The molecule has 29 heavy (non-hydrogen) atoms. The van der Waals surface area contributed by atoms with Crippen LogP contribution in [0.4, 0.5) is 5.95 Å². The number of sulfone groups is 1. The van der Waals surface area contributed by atoms with E-state index in [9.17, 15) is 8.42 Å². The molecule has 1 N–H and O–H groups in total. The Balaban J connectivity index is 1.60. The number of aliphatic imine (C=N–C) groups is 1. The zero-order chi connectivity index (χ0) is 20.7.